The monoisotopic (exact) mass is 467 g/mol. The molecule has 0 saturated heterocycles. The number of amides is 1. The molecule has 3 atom stereocenters. The molecule has 2 aliphatic rings. The maximum absolute atomic E-state index is 13.3. The van der Waals surface area contributed by atoms with Crippen molar-refractivity contribution < 1.29 is 23.1 Å². The standard InChI is InChI=1S/C21H24F3N3O2.2C2H6/c1-13-11-26(18(28)16-8-7-14-5-3-4-6-15(14)9-16)12-17-10-25-19(27(13)17)20(2,29)21(22,23)24;2*1-2/h3-6,10,13,16,29H,7-9,11-12H2,1-2H3;2*1-2H3/t13-,16+,20+;;/m0../s1. The number of imidazole rings is 1. The molecule has 0 saturated carbocycles. The van der Waals surface area contributed by atoms with Gasteiger partial charge in [0, 0.05) is 12.5 Å². The lowest BCUT2D eigenvalue weighted by atomic mass is 9.83. The number of halogens is 3. The van der Waals surface area contributed by atoms with Crippen LogP contribution in [-0.4, -0.2) is 38.2 Å². The molecule has 8 heteroatoms. The van der Waals surface area contributed by atoms with Gasteiger partial charge >= 0.3 is 6.18 Å². The van der Waals surface area contributed by atoms with E-state index in [1.54, 1.807) is 11.8 Å². The summed E-state index contributed by atoms with van der Waals surface area (Å²) in [5.74, 6) is -0.515. The molecule has 184 valence electrons. The topological polar surface area (TPSA) is 58.4 Å². The molecule has 5 nitrogen and oxygen atoms in total. The van der Waals surface area contributed by atoms with Gasteiger partial charge in [-0.15, -0.1) is 0 Å². The zero-order valence-electron chi connectivity index (χ0n) is 20.4. The molecule has 4 rings (SSSR count). The van der Waals surface area contributed by atoms with Crippen molar-refractivity contribution in [1.82, 2.24) is 14.5 Å². The van der Waals surface area contributed by atoms with Crippen LogP contribution in [0.2, 0.25) is 0 Å². The van der Waals surface area contributed by atoms with Gasteiger partial charge in [0.1, 0.15) is 0 Å². The summed E-state index contributed by atoms with van der Waals surface area (Å²) in [6, 6.07) is 7.70. The van der Waals surface area contributed by atoms with E-state index in [-0.39, 0.29) is 18.4 Å². The number of aliphatic hydroxyl groups is 1. The predicted molar refractivity (Wildman–Crippen MR) is 123 cm³/mol. The number of hydrogen-bond acceptors (Lipinski definition) is 3. The van der Waals surface area contributed by atoms with E-state index in [4.69, 9.17) is 0 Å². The molecular weight excluding hydrogens is 431 g/mol. The van der Waals surface area contributed by atoms with Gasteiger partial charge in [-0.3, -0.25) is 4.79 Å². The number of hydrogen-bond donors (Lipinski definition) is 1. The first-order chi connectivity index (χ1) is 15.6. The number of carbonyl (C=O) groups excluding carboxylic acids is 1. The lowest BCUT2D eigenvalue weighted by Crippen LogP contribution is -2.47. The Balaban J connectivity index is 0.000000914. The Morgan fingerprint density at radius 2 is 1.73 bits per heavy atom. The summed E-state index contributed by atoms with van der Waals surface area (Å²) in [6.45, 7) is 11.0. The Kier molecular flexibility index (Phi) is 8.74. The lowest BCUT2D eigenvalue weighted by Gasteiger charge is -2.38. The minimum atomic E-state index is -4.84. The molecule has 2 heterocycles. The maximum Gasteiger partial charge on any atom is 0.424 e. The second-order valence-corrected chi connectivity index (χ2v) is 8.29. The van der Waals surface area contributed by atoms with Crippen LogP contribution in [0.1, 0.15) is 76.7 Å². The molecule has 1 amide bonds. The van der Waals surface area contributed by atoms with Crippen LogP contribution >= 0.6 is 0 Å². The molecule has 1 aromatic carbocycles. The fourth-order valence-corrected chi connectivity index (χ4v) is 4.49. The third-order valence-electron chi connectivity index (χ3n) is 6.15. The van der Waals surface area contributed by atoms with Crippen molar-refractivity contribution in [3.63, 3.8) is 0 Å². The number of benzene rings is 1. The van der Waals surface area contributed by atoms with E-state index in [2.05, 4.69) is 11.1 Å². The van der Waals surface area contributed by atoms with Gasteiger partial charge < -0.3 is 14.6 Å². The Bertz CT molecular complexity index is 937. The zero-order valence-corrected chi connectivity index (χ0v) is 20.4. The van der Waals surface area contributed by atoms with Crippen LogP contribution < -0.4 is 0 Å². The Hall–Kier alpha value is -2.35. The van der Waals surface area contributed by atoms with Crippen molar-refractivity contribution >= 4 is 5.91 Å². The highest BCUT2D eigenvalue weighted by molar-refractivity contribution is 5.79. The van der Waals surface area contributed by atoms with Crippen LogP contribution in [0.25, 0.3) is 0 Å². The van der Waals surface area contributed by atoms with Gasteiger partial charge in [-0.05, 0) is 44.2 Å². The van der Waals surface area contributed by atoms with Crippen LogP contribution in [0.15, 0.2) is 30.5 Å². The molecule has 0 unspecified atom stereocenters. The molecule has 0 radical (unpaired) electrons. The maximum atomic E-state index is 13.3. The van der Waals surface area contributed by atoms with Crippen molar-refractivity contribution in [2.24, 2.45) is 5.92 Å². The number of aromatic nitrogens is 2. The fraction of sp³-hybridized carbons (Fsp3) is 0.600. The summed E-state index contributed by atoms with van der Waals surface area (Å²) in [6.07, 6.45) is -1.19. The van der Waals surface area contributed by atoms with Gasteiger partial charge in [0.05, 0.1) is 24.5 Å². The second kappa shape index (κ2) is 10.7. The summed E-state index contributed by atoms with van der Waals surface area (Å²) in [5, 5.41) is 10.1. The third-order valence-corrected chi connectivity index (χ3v) is 6.15. The molecule has 2 aromatic rings. The molecule has 1 N–H and O–H groups in total. The smallest absolute Gasteiger partial charge is 0.374 e. The number of aryl methyl sites for hydroxylation is 1. The Labute approximate surface area is 194 Å². The van der Waals surface area contributed by atoms with E-state index < -0.39 is 23.6 Å². The quantitative estimate of drug-likeness (QED) is 0.642. The molecule has 1 aromatic heterocycles. The van der Waals surface area contributed by atoms with Crippen molar-refractivity contribution in [2.45, 2.75) is 85.2 Å². The van der Waals surface area contributed by atoms with E-state index in [9.17, 15) is 23.1 Å². The molecule has 1 aliphatic heterocycles. The first-order valence-corrected chi connectivity index (χ1v) is 11.8. The SMILES string of the molecule is CC.CC.C[C@H]1CN(C(=O)[C@@H]2CCc3ccccc3C2)Cc2cnc([C@@](C)(O)C(F)(F)F)n21. The van der Waals surface area contributed by atoms with E-state index in [0.29, 0.717) is 25.6 Å². The molecule has 0 fully saturated rings. The highest BCUT2D eigenvalue weighted by atomic mass is 19.4. The summed E-state index contributed by atoms with van der Waals surface area (Å²) in [5.41, 5.74) is -0.0668. The number of alkyl halides is 3. The van der Waals surface area contributed by atoms with Crippen molar-refractivity contribution in [2.75, 3.05) is 6.54 Å². The van der Waals surface area contributed by atoms with Gasteiger partial charge in [0.2, 0.25) is 11.5 Å². The van der Waals surface area contributed by atoms with Gasteiger partial charge in [-0.2, -0.15) is 13.2 Å². The molecule has 0 bridgehead atoms. The first kappa shape index (κ1) is 26.9. The largest absolute Gasteiger partial charge is 0.424 e. The van der Waals surface area contributed by atoms with E-state index in [0.717, 1.165) is 12.8 Å². The third kappa shape index (κ3) is 5.26. The van der Waals surface area contributed by atoms with Crippen LogP contribution in [0.5, 0.6) is 0 Å². The lowest BCUT2D eigenvalue weighted by molar-refractivity contribution is -0.263. The summed E-state index contributed by atoms with van der Waals surface area (Å²) >= 11 is 0. The van der Waals surface area contributed by atoms with Gasteiger partial charge in [0.25, 0.3) is 0 Å². The van der Waals surface area contributed by atoms with Crippen LogP contribution in [0, 0.1) is 5.92 Å². The first-order valence-electron chi connectivity index (χ1n) is 11.8. The molecule has 0 spiro atoms. The second-order valence-electron chi connectivity index (χ2n) is 8.29. The van der Waals surface area contributed by atoms with Gasteiger partial charge in [-0.25, -0.2) is 4.98 Å². The summed E-state index contributed by atoms with van der Waals surface area (Å²) < 4.78 is 41.3. The Morgan fingerprint density at radius 3 is 2.33 bits per heavy atom. The minimum absolute atomic E-state index is 0.0305. The van der Waals surface area contributed by atoms with E-state index in [1.807, 2.05) is 45.9 Å². The van der Waals surface area contributed by atoms with Crippen molar-refractivity contribution in [3.8, 4) is 0 Å². The zero-order chi connectivity index (χ0) is 25.0. The fourth-order valence-electron chi connectivity index (χ4n) is 4.49. The molecular formula is C25H36F3N3O2. The highest BCUT2D eigenvalue weighted by Gasteiger charge is 2.55. The Morgan fingerprint density at radius 1 is 1.12 bits per heavy atom. The number of nitrogens with zero attached hydrogens (tertiary/aromatic N) is 3. The van der Waals surface area contributed by atoms with Gasteiger partial charge in [-0.1, -0.05) is 52.0 Å². The highest BCUT2D eigenvalue weighted by Crippen LogP contribution is 2.40. The number of carbonyl (C=O) groups is 1. The van der Waals surface area contributed by atoms with Crippen LogP contribution in [-0.2, 0) is 29.8 Å². The van der Waals surface area contributed by atoms with Gasteiger partial charge in [0.15, 0.2) is 5.82 Å². The van der Waals surface area contributed by atoms with Crippen LogP contribution in [0.3, 0.4) is 0 Å². The average molecular weight is 468 g/mol. The minimum Gasteiger partial charge on any atom is -0.374 e. The van der Waals surface area contributed by atoms with Crippen LogP contribution in [0.4, 0.5) is 13.2 Å². The van der Waals surface area contributed by atoms with Crippen molar-refractivity contribution in [3.05, 3.63) is 53.1 Å². The number of fused-ring (bicyclic) bond motifs is 2. The average Bonchev–Trinajstić information content (AvgIpc) is 3.25. The van der Waals surface area contributed by atoms with Crippen molar-refractivity contribution in [1.29, 1.82) is 0 Å². The molecule has 1 aliphatic carbocycles. The molecule has 33 heavy (non-hydrogen) atoms. The number of rotatable bonds is 2. The van der Waals surface area contributed by atoms with E-state index >= 15 is 0 Å². The predicted octanol–water partition coefficient (Wildman–Crippen LogP) is 5.41. The summed E-state index contributed by atoms with van der Waals surface area (Å²) in [4.78, 5) is 18.7. The summed E-state index contributed by atoms with van der Waals surface area (Å²) in [7, 11) is 0. The van der Waals surface area contributed by atoms with E-state index in [1.165, 1.54) is 21.9 Å². The normalized spacial score (nSPS) is 21.3.